The summed E-state index contributed by atoms with van der Waals surface area (Å²) in [6.07, 6.45) is 0. The lowest BCUT2D eigenvalue weighted by Crippen LogP contribution is -2.11. The maximum Gasteiger partial charge on any atom is 0.0547 e. The van der Waals surface area contributed by atoms with Crippen molar-refractivity contribution in [1.82, 2.24) is 4.57 Å². The van der Waals surface area contributed by atoms with Crippen molar-refractivity contribution in [2.75, 3.05) is 4.90 Å². The predicted molar refractivity (Wildman–Crippen MR) is 239 cm³/mol. The number of aromatic nitrogens is 1. The first-order chi connectivity index (χ1) is 27.8. The van der Waals surface area contributed by atoms with Crippen LogP contribution in [0.4, 0.5) is 17.1 Å². The van der Waals surface area contributed by atoms with Crippen LogP contribution in [0.3, 0.4) is 0 Å². The molecule has 0 unspecified atom stereocenters. The third-order valence-corrected chi connectivity index (χ3v) is 11.3. The van der Waals surface area contributed by atoms with Crippen molar-refractivity contribution < 1.29 is 0 Å². The molecule has 0 atom stereocenters. The summed E-state index contributed by atoms with van der Waals surface area (Å²) in [5.74, 6) is 0. The van der Waals surface area contributed by atoms with E-state index in [0.717, 1.165) is 22.7 Å². The number of hydrogen-bond acceptors (Lipinski definition) is 1. The van der Waals surface area contributed by atoms with Gasteiger partial charge in [0.2, 0.25) is 0 Å². The number of hydrogen-bond donors (Lipinski definition) is 0. The summed E-state index contributed by atoms with van der Waals surface area (Å²) in [6, 6.07) is 79.5. The molecule has 10 aromatic carbocycles. The molecule has 0 saturated heterocycles. The van der Waals surface area contributed by atoms with Crippen molar-refractivity contribution in [3.8, 4) is 27.9 Å². The summed E-state index contributed by atoms with van der Waals surface area (Å²) in [7, 11) is 0. The molecule has 0 bridgehead atoms. The molecule has 0 fully saturated rings. The molecule has 11 aromatic rings. The minimum absolute atomic E-state index is 1.10. The van der Waals surface area contributed by atoms with E-state index < -0.39 is 0 Å². The Bertz CT molecular complexity index is 3250. The Morgan fingerprint density at radius 1 is 0.304 bits per heavy atom. The largest absolute Gasteiger partial charge is 0.309 e. The normalized spacial score (nSPS) is 11.6. The Morgan fingerprint density at radius 2 is 0.875 bits per heavy atom. The number of anilines is 3. The Hall–Kier alpha value is -7.42. The zero-order valence-electron chi connectivity index (χ0n) is 30.7. The first kappa shape index (κ1) is 32.0. The zero-order chi connectivity index (χ0) is 37.0. The molecule has 2 heteroatoms. The van der Waals surface area contributed by atoms with E-state index in [2.05, 4.69) is 228 Å². The van der Waals surface area contributed by atoms with E-state index in [4.69, 9.17) is 0 Å². The number of benzene rings is 10. The highest BCUT2D eigenvalue weighted by Crippen LogP contribution is 2.46. The van der Waals surface area contributed by atoms with Gasteiger partial charge < -0.3 is 9.47 Å². The lowest BCUT2D eigenvalue weighted by Gasteiger charge is -2.29. The molecule has 2 nitrogen and oxygen atoms in total. The molecule has 0 aliphatic carbocycles. The quantitative estimate of drug-likeness (QED) is 0.167. The second-order valence-electron chi connectivity index (χ2n) is 14.5. The van der Waals surface area contributed by atoms with Gasteiger partial charge in [0.1, 0.15) is 0 Å². The van der Waals surface area contributed by atoms with E-state index in [0.29, 0.717) is 0 Å². The molecular formula is C54H36N2. The summed E-state index contributed by atoms with van der Waals surface area (Å²) < 4.78 is 2.47. The predicted octanol–water partition coefficient (Wildman–Crippen LogP) is 15.0. The van der Waals surface area contributed by atoms with E-state index in [1.807, 2.05) is 0 Å². The van der Waals surface area contributed by atoms with E-state index in [1.54, 1.807) is 0 Å². The van der Waals surface area contributed by atoms with Crippen LogP contribution in [0.2, 0.25) is 0 Å². The maximum atomic E-state index is 2.47. The van der Waals surface area contributed by atoms with Gasteiger partial charge in [-0.3, -0.25) is 0 Å². The fraction of sp³-hybridized carbons (Fsp3) is 0. The van der Waals surface area contributed by atoms with Gasteiger partial charge in [-0.1, -0.05) is 170 Å². The lowest BCUT2D eigenvalue weighted by atomic mass is 9.95. The van der Waals surface area contributed by atoms with Crippen LogP contribution in [0.5, 0.6) is 0 Å². The molecule has 56 heavy (non-hydrogen) atoms. The van der Waals surface area contributed by atoms with Gasteiger partial charge in [-0.2, -0.15) is 0 Å². The van der Waals surface area contributed by atoms with Crippen LogP contribution in [0.15, 0.2) is 218 Å². The number of fused-ring (bicyclic) bond motifs is 6. The van der Waals surface area contributed by atoms with Crippen LogP contribution in [0, 0.1) is 0 Å². The third kappa shape index (κ3) is 5.19. The summed E-state index contributed by atoms with van der Waals surface area (Å²) in [5.41, 5.74) is 11.7. The molecule has 0 N–H and O–H groups in total. The van der Waals surface area contributed by atoms with Crippen LogP contribution < -0.4 is 4.90 Å². The van der Waals surface area contributed by atoms with Crippen molar-refractivity contribution >= 4 is 71.2 Å². The molecule has 0 aliphatic heterocycles. The van der Waals surface area contributed by atoms with E-state index in [9.17, 15) is 0 Å². The fourth-order valence-corrected chi connectivity index (χ4v) is 8.79. The molecule has 0 amide bonds. The Kier molecular flexibility index (Phi) is 7.53. The second-order valence-corrected chi connectivity index (χ2v) is 14.5. The smallest absolute Gasteiger partial charge is 0.0547 e. The van der Waals surface area contributed by atoms with Crippen LogP contribution in [0.1, 0.15) is 0 Å². The van der Waals surface area contributed by atoms with Crippen molar-refractivity contribution in [1.29, 1.82) is 0 Å². The van der Waals surface area contributed by atoms with Crippen molar-refractivity contribution in [2.24, 2.45) is 0 Å². The SMILES string of the molecule is c1ccc(-c2cccc(N(c3ccc(-c4ccccc4)c4ccccc34)c3cccc4c(-n5c6ccccc6c6cc7ccccc7cc65)cccc34)c2)cc1. The fourth-order valence-electron chi connectivity index (χ4n) is 8.79. The van der Waals surface area contributed by atoms with Gasteiger partial charge >= 0.3 is 0 Å². The highest BCUT2D eigenvalue weighted by molar-refractivity contribution is 6.15. The summed E-state index contributed by atoms with van der Waals surface area (Å²) in [4.78, 5) is 2.47. The molecule has 262 valence electrons. The molecule has 1 aromatic heterocycles. The topological polar surface area (TPSA) is 8.17 Å². The van der Waals surface area contributed by atoms with Crippen molar-refractivity contribution in [3.63, 3.8) is 0 Å². The van der Waals surface area contributed by atoms with Gasteiger partial charge in [-0.25, -0.2) is 0 Å². The minimum atomic E-state index is 1.10. The van der Waals surface area contributed by atoms with Crippen molar-refractivity contribution in [2.45, 2.75) is 0 Å². The average Bonchev–Trinajstić information content (AvgIpc) is 3.59. The van der Waals surface area contributed by atoms with Crippen LogP contribution in [-0.4, -0.2) is 4.57 Å². The standard InChI is InChI=1S/C54H36N2/c1-3-16-37(17-4-1)39-22-13-23-42(34-39)55(53-33-32-43(38-18-5-2-6-19-38)44-24-9-10-25-45(44)53)50-30-14-28-47-46(50)27-15-31-52(47)56-51-29-12-11-26-48(51)49-35-40-20-7-8-21-41(40)36-54(49)56/h1-36H. The molecule has 0 spiro atoms. The summed E-state index contributed by atoms with van der Waals surface area (Å²) in [6.45, 7) is 0. The van der Waals surface area contributed by atoms with Crippen LogP contribution >= 0.6 is 0 Å². The third-order valence-electron chi connectivity index (χ3n) is 11.3. The first-order valence-corrected chi connectivity index (χ1v) is 19.3. The lowest BCUT2D eigenvalue weighted by molar-refractivity contribution is 1.20. The number of nitrogens with zero attached hydrogens (tertiary/aromatic N) is 2. The second kappa shape index (κ2) is 13.2. The maximum absolute atomic E-state index is 2.47. The van der Waals surface area contributed by atoms with Gasteiger partial charge in [0.15, 0.2) is 0 Å². The van der Waals surface area contributed by atoms with Gasteiger partial charge in [-0.15, -0.1) is 0 Å². The minimum Gasteiger partial charge on any atom is -0.309 e. The molecule has 0 radical (unpaired) electrons. The monoisotopic (exact) mass is 712 g/mol. The van der Waals surface area contributed by atoms with E-state index >= 15 is 0 Å². The summed E-state index contributed by atoms with van der Waals surface area (Å²) in [5, 5.41) is 9.79. The molecule has 11 rings (SSSR count). The Balaban J connectivity index is 1.19. The summed E-state index contributed by atoms with van der Waals surface area (Å²) >= 11 is 0. The Morgan fingerprint density at radius 3 is 1.70 bits per heavy atom. The zero-order valence-corrected chi connectivity index (χ0v) is 30.7. The molecule has 1 heterocycles. The highest BCUT2D eigenvalue weighted by atomic mass is 15.1. The van der Waals surface area contributed by atoms with E-state index in [1.165, 1.54) is 76.4 Å². The average molecular weight is 713 g/mol. The van der Waals surface area contributed by atoms with Crippen LogP contribution in [0.25, 0.3) is 82.1 Å². The highest BCUT2D eigenvalue weighted by Gasteiger charge is 2.22. The first-order valence-electron chi connectivity index (χ1n) is 19.3. The number of rotatable bonds is 6. The van der Waals surface area contributed by atoms with E-state index in [-0.39, 0.29) is 0 Å². The van der Waals surface area contributed by atoms with Gasteiger partial charge in [0.05, 0.1) is 28.1 Å². The van der Waals surface area contributed by atoms with Gasteiger partial charge in [0, 0.05) is 32.6 Å². The molecule has 0 aliphatic rings. The van der Waals surface area contributed by atoms with Gasteiger partial charge in [0.25, 0.3) is 0 Å². The molecule has 0 saturated carbocycles. The van der Waals surface area contributed by atoms with Crippen LogP contribution in [-0.2, 0) is 0 Å². The molecular weight excluding hydrogens is 677 g/mol. The number of para-hydroxylation sites is 1. The van der Waals surface area contributed by atoms with Gasteiger partial charge in [-0.05, 0) is 86.9 Å². The van der Waals surface area contributed by atoms with Crippen molar-refractivity contribution in [3.05, 3.63) is 218 Å². The Labute approximate surface area is 325 Å².